The van der Waals surface area contributed by atoms with Gasteiger partial charge in [0.2, 0.25) is 0 Å². The van der Waals surface area contributed by atoms with Crippen molar-refractivity contribution in [2.75, 3.05) is 53.6 Å². The van der Waals surface area contributed by atoms with Crippen LogP contribution in [0.25, 0.3) is 0 Å². The van der Waals surface area contributed by atoms with Gasteiger partial charge in [0.1, 0.15) is 5.75 Å². The summed E-state index contributed by atoms with van der Waals surface area (Å²) in [5.74, 6) is 1.95. The van der Waals surface area contributed by atoms with Crippen LogP contribution in [0.1, 0.15) is 44.6 Å². The molecular weight excluding hydrogens is 366 g/mol. The van der Waals surface area contributed by atoms with E-state index in [1.54, 1.807) is 7.11 Å². The molecule has 0 aromatic heterocycles. The van der Waals surface area contributed by atoms with Gasteiger partial charge in [-0.3, -0.25) is 4.99 Å². The van der Waals surface area contributed by atoms with Crippen LogP contribution in [0.4, 0.5) is 0 Å². The Kier molecular flexibility index (Phi) is 11.5. The highest BCUT2D eigenvalue weighted by molar-refractivity contribution is 5.79. The fourth-order valence-corrected chi connectivity index (χ4v) is 3.43. The summed E-state index contributed by atoms with van der Waals surface area (Å²) >= 11 is 0. The minimum atomic E-state index is 0.360. The van der Waals surface area contributed by atoms with Crippen molar-refractivity contribution in [3.05, 3.63) is 29.8 Å². The average Bonchev–Trinajstić information content (AvgIpc) is 2.76. The molecule has 164 valence electrons. The number of benzene rings is 1. The molecule has 29 heavy (non-hydrogen) atoms. The molecular formula is C23H39N3O3. The van der Waals surface area contributed by atoms with Crippen LogP contribution in [-0.2, 0) is 15.9 Å². The van der Waals surface area contributed by atoms with Crippen LogP contribution in [-0.4, -0.2) is 70.6 Å². The van der Waals surface area contributed by atoms with Crippen LogP contribution in [0.15, 0.2) is 29.3 Å². The van der Waals surface area contributed by atoms with Gasteiger partial charge in [-0.1, -0.05) is 25.5 Å². The number of hydrogen-bond acceptors (Lipinski definition) is 4. The zero-order chi connectivity index (χ0) is 20.7. The minimum absolute atomic E-state index is 0.360. The largest absolute Gasteiger partial charge is 0.494 e. The highest BCUT2D eigenvalue weighted by Gasteiger charge is 2.21. The number of ether oxygens (including phenoxy) is 3. The zero-order valence-corrected chi connectivity index (χ0v) is 18.5. The first-order valence-corrected chi connectivity index (χ1v) is 11.0. The molecule has 0 aliphatic carbocycles. The Labute approximate surface area is 176 Å². The van der Waals surface area contributed by atoms with Gasteiger partial charge in [0, 0.05) is 47.0 Å². The Morgan fingerprint density at radius 2 is 1.86 bits per heavy atom. The maximum atomic E-state index is 5.95. The number of rotatable bonds is 12. The summed E-state index contributed by atoms with van der Waals surface area (Å²) in [7, 11) is 3.59. The molecule has 1 aliphatic heterocycles. The Hall–Kier alpha value is -1.79. The number of unbranched alkanes of at least 4 members (excludes halogenated alkanes) is 1. The number of guanidine groups is 1. The number of piperidine rings is 1. The van der Waals surface area contributed by atoms with Crippen molar-refractivity contribution in [1.29, 1.82) is 0 Å². The molecule has 1 aromatic carbocycles. The summed E-state index contributed by atoms with van der Waals surface area (Å²) in [6, 6.07) is 8.44. The van der Waals surface area contributed by atoms with E-state index in [4.69, 9.17) is 14.2 Å². The van der Waals surface area contributed by atoms with Crippen LogP contribution >= 0.6 is 0 Å². The molecule has 1 aliphatic rings. The van der Waals surface area contributed by atoms with Crippen LogP contribution in [0, 0.1) is 0 Å². The zero-order valence-electron chi connectivity index (χ0n) is 18.5. The fourth-order valence-electron chi connectivity index (χ4n) is 3.43. The summed E-state index contributed by atoms with van der Waals surface area (Å²) in [5.41, 5.74) is 1.30. The molecule has 0 bridgehead atoms. The molecule has 1 saturated heterocycles. The lowest BCUT2D eigenvalue weighted by atomic mass is 10.1. The molecule has 1 fully saturated rings. The van der Waals surface area contributed by atoms with E-state index < -0.39 is 0 Å². The molecule has 1 heterocycles. The van der Waals surface area contributed by atoms with Crippen molar-refractivity contribution in [1.82, 2.24) is 10.2 Å². The highest BCUT2D eigenvalue weighted by atomic mass is 16.5. The third-order valence-corrected chi connectivity index (χ3v) is 5.19. The van der Waals surface area contributed by atoms with Crippen molar-refractivity contribution in [3.63, 3.8) is 0 Å². The van der Waals surface area contributed by atoms with Crippen molar-refractivity contribution in [2.45, 2.75) is 51.6 Å². The topological polar surface area (TPSA) is 55.3 Å². The van der Waals surface area contributed by atoms with E-state index in [-0.39, 0.29) is 0 Å². The maximum absolute atomic E-state index is 5.95. The van der Waals surface area contributed by atoms with E-state index >= 15 is 0 Å². The van der Waals surface area contributed by atoms with Crippen molar-refractivity contribution < 1.29 is 14.2 Å². The van der Waals surface area contributed by atoms with E-state index in [9.17, 15) is 0 Å². The lowest BCUT2D eigenvalue weighted by Gasteiger charge is -2.34. The van der Waals surface area contributed by atoms with Crippen LogP contribution < -0.4 is 10.1 Å². The van der Waals surface area contributed by atoms with E-state index in [1.807, 2.05) is 7.05 Å². The van der Waals surface area contributed by atoms with Gasteiger partial charge in [0.15, 0.2) is 5.96 Å². The number of likely N-dealkylation sites (tertiary alicyclic amines) is 1. The molecule has 0 atom stereocenters. The van der Waals surface area contributed by atoms with Crippen molar-refractivity contribution >= 4 is 5.96 Å². The van der Waals surface area contributed by atoms with Gasteiger partial charge in [-0.15, -0.1) is 0 Å². The molecule has 0 radical (unpaired) electrons. The Bertz CT molecular complexity index is 569. The van der Waals surface area contributed by atoms with Gasteiger partial charge in [-0.2, -0.15) is 0 Å². The molecule has 6 nitrogen and oxygen atoms in total. The molecule has 1 aromatic rings. The molecule has 2 rings (SSSR count). The smallest absolute Gasteiger partial charge is 0.193 e. The fraction of sp³-hybridized carbons (Fsp3) is 0.696. The first-order valence-electron chi connectivity index (χ1n) is 11.0. The average molecular weight is 406 g/mol. The summed E-state index contributed by atoms with van der Waals surface area (Å²) in [5, 5.41) is 3.51. The number of hydrogen-bond donors (Lipinski definition) is 1. The molecule has 0 saturated carbocycles. The predicted molar refractivity (Wildman–Crippen MR) is 119 cm³/mol. The van der Waals surface area contributed by atoms with E-state index in [1.165, 1.54) is 5.56 Å². The first-order chi connectivity index (χ1) is 14.3. The van der Waals surface area contributed by atoms with Crippen LogP contribution in [0.3, 0.4) is 0 Å². The lowest BCUT2D eigenvalue weighted by molar-refractivity contribution is 0.00992. The normalized spacial score (nSPS) is 15.6. The van der Waals surface area contributed by atoms with Crippen LogP contribution in [0.2, 0.25) is 0 Å². The standard InChI is InChI=1S/C23H39N3O3/c1-4-5-18-28-21-9-7-20(8-10-21)11-14-25-23(24-2)26-15-12-22(13-16-26)29-19-6-17-27-3/h7-10,22H,4-6,11-19H2,1-3H3,(H,24,25). The second kappa shape index (κ2) is 14.2. The molecule has 0 spiro atoms. The Balaban J connectivity index is 1.65. The van der Waals surface area contributed by atoms with Gasteiger partial charge in [0.25, 0.3) is 0 Å². The SMILES string of the molecule is CCCCOc1ccc(CCNC(=NC)N2CCC(OCCCOC)CC2)cc1. The Morgan fingerprint density at radius 3 is 2.52 bits per heavy atom. The monoisotopic (exact) mass is 405 g/mol. The summed E-state index contributed by atoms with van der Waals surface area (Å²) < 4.78 is 16.7. The predicted octanol–water partition coefficient (Wildman–Crippen LogP) is 3.50. The second-order valence-electron chi connectivity index (χ2n) is 7.47. The third-order valence-electron chi connectivity index (χ3n) is 5.19. The van der Waals surface area contributed by atoms with Crippen LogP contribution in [0.5, 0.6) is 5.75 Å². The summed E-state index contributed by atoms with van der Waals surface area (Å²) in [4.78, 5) is 6.80. The summed E-state index contributed by atoms with van der Waals surface area (Å²) in [6.07, 6.45) is 6.64. The third kappa shape index (κ3) is 9.05. The quantitative estimate of drug-likeness (QED) is 0.328. The van der Waals surface area contributed by atoms with E-state index in [0.717, 1.165) is 89.7 Å². The van der Waals surface area contributed by atoms with Crippen molar-refractivity contribution in [2.24, 2.45) is 4.99 Å². The van der Waals surface area contributed by atoms with Gasteiger partial charge < -0.3 is 24.4 Å². The lowest BCUT2D eigenvalue weighted by Crippen LogP contribution is -2.47. The molecule has 6 heteroatoms. The maximum Gasteiger partial charge on any atom is 0.193 e. The van der Waals surface area contributed by atoms with Gasteiger partial charge in [0.05, 0.1) is 12.7 Å². The van der Waals surface area contributed by atoms with Crippen molar-refractivity contribution in [3.8, 4) is 5.75 Å². The number of aliphatic imine (C=N–C) groups is 1. The number of nitrogens with one attached hydrogen (secondary N) is 1. The summed E-state index contributed by atoms with van der Waals surface area (Å²) in [6.45, 7) is 7.36. The molecule has 0 unspecified atom stereocenters. The molecule has 1 N–H and O–H groups in total. The highest BCUT2D eigenvalue weighted by Crippen LogP contribution is 2.15. The van der Waals surface area contributed by atoms with E-state index in [0.29, 0.717) is 6.10 Å². The van der Waals surface area contributed by atoms with Gasteiger partial charge in [-0.25, -0.2) is 0 Å². The minimum Gasteiger partial charge on any atom is -0.494 e. The Morgan fingerprint density at radius 1 is 1.10 bits per heavy atom. The van der Waals surface area contributed by atoms with Gasteiger partial charge >= 0.3 is 0 Å². The first kappa shape index (κ1) is 23.5. The number of nitrogens with zero attached hydrogens (tertiary/aromatic N) is 2. The van der Waals surface area contributed by atoms with E-state index in [2.05, 4.69) is 46.4 Å². The second-order valence-corrected chi connectivity index (χ2v) is 7.47. The molecule has 0 amide bonds. The van der Waals surface area contributed by atoms with Gasteiger partial charge in [-0.05, 0) is 49.8 Å². The number of methoxy groups -OCH3 is 1.